The monoisotopic (exact) mass is 437 g/mol. The number of carbonyl (C=O) groups excluding carboxylic acids is 1. The summed E-state index contributed by atoms with van der Waals surface area (Å²) in [5, 5.41) is 9.49. The van der Waals surface area contributed by atoms with E-state index in [0.29, 0.717) is 18.2 Å². The summed E-state index contributed by atoms with van der Waals surface area (Å²) in [6, 6.07) is 25.5. The maximum atomic E-state index is 12.4. The smallest absolute Gasteiger partial charge is 0.229 e. The highest BCUT2D eigenvalue weighted by molar-refractivity contribution is 5.92. The summed E-state index contributed by atoms with van der Waals surface area (Å²) in [7, 11) is 0. The van der Waals surface area contributed by atoms with E-state index in [1.165, 1.54) is 5.56 Å². The molecule has 1 amide bonds. The fourth-order valence-corrected chi connectivity index (χ4v) is 3.45. The third-order valence-corrected chi connectivity index (χ3v) is 5.05. The van der Waals surface area contributed by atoms with Crippen molar-refractivity contribution in [1.82, 2.24) is 9.97 Å². The number of carbonyl (C=O) groups is 1. The molecule has 0 aliphatic heterocycles. The molecule has 33 heavy (non-hydrogen) atoms. The fourth-order valence-electron chi connectivity index (χ4n) is 3.45. The van der Waals surface area contributed by atoms with E-state index in [1.807, 2.05) is 80.6 Å². The summed E-state index contributed by atoms with van der Waals surface area (Å²) in [6.07, 6.45) is 0.343. The third kappa shape index (κ3) is 6.40. The Morgan fingerprint density at radius 1 is 0.727 bits per heavy atom. The van der Waals surface area contributed by atoms with Crippen molar-refractivity contribution in [1.29, 1.82) is 0 Å². The van der Waals surface area contributed by atoms with Gasteiger partial charge in [-0.15, -0.1) is 0 Å². The third-order valence-electron chi connectivity index (χ3n) is 5.05. The first-order valence-corrected chi connectivity index (χ1v) is 10.8. The number of amides is 1. The number of hydrogen-bond donors (Lipinski definition) is 3. The maximum absolute atomic E-state index is 12.4. The van der Waals surface area contributed by atoms with Crippen molar-refractivity contribution < 1.29 is 4.79 Å². The lowest BCUT2D eigenvalue weighted by Gasteiger charge is -2.11. The van der Waals surface area contributed by atoms with Gasteiger partial charge in [-0.25, -0.2) is 4.98 Å². The molecule has 1 aromatic heterocycles. The van der Waals surface area contributed by atoms with Crippen LogP contribution in [-0.4, -0.2) is 15.9 Å². The van der Waals surface area contributed by atoms with E-state index in [0.717, 1.165) is 33.9 Å². The number of benzene rings is 3. The van der Waals surface area contributed by atoms with Gasteiger partial charge in [-0.1, -0.05) is 47.5 Å². The average molecular weight is 438 g/mol. The Morgan fingerprint density at radius 3 is 2.12 bits per heavy atom. The van der Waals surface area contributed by atoms with Crippen LogP contribution < -0.4 is 16.0 Å². The van der Waals surface area contributed by atoms with Crippen molar-refractivity contribution in [2.45, 2.75) is 27.2 Å². The summed E-state index contributed by atoms with van der Waals surface area (Å²) < 4.78 is 0. The zero-order valence-electron chi connectivity index (χ0n) is 19.0. The van der Waals surface area contributed by atoms with Crippen molar-refractivity contribution >= 4 is 34.7 Å². The predicted octanol–water partition coefficient (Wildman–Crippen LogP) is 6.07. The molecule has 6 heteroatoms. The Morgan fingerprint density at radius 2 is 1.39 bits per heavy atom. The Kier molecular flexibility index (Phi) is 6.64. The van der Waals surface area contributed by atoms with E-state index in [2.05, 4.69) is 45.0 Å². The number of rotatable bonds is 7. The van der Waals surface area contributed by atoms with Crippen molar-refractivity contribution in [3.63, 3.8) is 0 Å². The minimum absolute atomic E-state index is 0.0462. The molecular weight excluding hydrogens is 410 g/mol. The molecule has 0 unspecified atom stereocenters. The van der Waals surface area contributed by atoms with Crippen molar-refractivity contribution in [2.75, 3.05) is 16.0 Å². The van der Waals surface area contributed by atoms with E-state index >= 15 is 0 Å². The van der Waals surface area contributed by atoms with E-state index in [1.54, 1.807) is 0 Å². The molecule has 4 rings (SSSR count). The quantitative estimate of drug-likeness (QED) is 0.327. The molecule has 1 heterocycles. The summed E-state index contributed by atoms with van der Waals surface area (Å²) in [5.41, 5.74) is 6.74. The molecule has 0 spiro atoms. The number of anilines is 5. The standard InChI is InChI=1S/C27H27N5O/c1-18-7-9-22(10-8-18)29-25-16-20(3)28-27(32-25)31-24-13-11-23(12-14-24)30-26(33)17-21-6-4-5-19(2)15-21/h4-16H,17H2,1-3H3,(H,30,33)(H2,28,29,31,32). The van der Waals surface area contributed by atoms with Crippen LogP contribution in [0.4, 0.5) is 28.8 Å². The predicted molar refractivity (Wildman–Crippen MR) is 134 cm³/mol. The van der Waals surface area contributed by atoms with Crippen LogP contribution in [0, 0.1) is 20.8 Å². The van der Waals surface area contributed by atoms with Crippen LogP contribution in [0.15, 0.2) is 78.9 Å². The second-order valence-electron chi connectivity index (χ2n) is 8.13. The van der Waals surface area contributed by atoms with Gasteiger partial charge < -0.3 is 16.0 Å². The van der Waals surface area contributed by atoms with Crippen LogP contribution in [-0.2, 0) is 11.2 Å². The van der Waals surface area contributed by atoms with Gasteiger partial charge in [0.05, 0.1) is 6.42 Å². The highest BCUT2D eigenvalue weighted by Gasteiger charge is 2.07. The molecule has 0 saturated heterocycles. The molecular formula is C27H27N5O. The number of nitrogens with one attached hydrogen (secondary N) is 3. The van der Waals surface area contributed by atoms with Crippen molar-refractivity contribution in [3.05, 3.63) is 101 Å². The number of aryl methyl sites for hydroxylation is 3. The lowest BCUT2D eigenvalue weighted by molar-refractivity contribution is -0.115. The summed E-state index contributed by atoms with van der Waals surface area (Å²) in [6.45, 7) is 6.01. The Hall–Kier alpha value is -4.19. The fraction of sp³-hybridized carbons (Fsp3) is 0.148. The van der Waals surface area contributed by atoms with E-state index < -0.39 is 0 Å². The molecule has 3 aromatic carbocycles. The van der Waals surface area contributed by atoms with Crippen LogP contribution in [0.25, 0.3) is 0 Å². The Bertz CT molecular complexity index is 1250. The summed E-state index contributed by atoms with van der Waals surface area (Å²) in [4.78, 5) is 21.4. The van der Waals surface area contributed by atoms with Crippen molar-refractivity contribution in [3.8, 4) is 0 Å². The number of hydrogen-bond acceptors (Lipinski definition) is 5. The molecule has 6 nitrogen and oxygen atoms in total. The van der Waals surface area contributed by atoms with Crippen LogP contribution in [0.5, 0.6) is 0 Å². The topological polar surface area (TPSA) is 78.9 Å². The Balaban J connectivity index is 1.38. The van der Waals surface area contributed by atoms with Crippen molar-refractivity contribution in [2.24, 2.45) is 0 Å². The molecule has 166 valence electrons. The molecule has 0 aliphatic rings. The Labute approximate surface area is 194 Å². The largest absolute Gasteiger partial charge is 0.340 e. The summed E-state index contributed by atoms with van der Waals surface area (Å²) >= 11 is 0. The van der Waals surface area contributed by atoms with Gasteiger partial charge in [-0.2, -0.15) is 4.98 Å². The van der Waals surface area contributed by atoms with E-state index in [-0.39, 0.29) is 5.91 Å². The highest BCUT2D eigenvalue weighted by Crippen LogP contribution is 2.21. The van der Waals surface area contributed by atoms with Crippen LogP contribution >= 0.6 is 0 Å². The molecule has 4 aromatic rings. The van der Waals surface area contributed by atoms with Gasteiger partial charge in [0, 0.05) is 28.8 Å². The molecule has 0 saturated carbocycles. The first-order valence-electron chi connectivity index (χ1n) is 10.8. The molecule has 0 bridgehead atoms. The zero-order chi connectivity index (χ0) is 23.2. The minimum atomic E-state index is -0.0462. The van der Waals surface area contributed by atoms with Gasteiger partial charge in [0.25, 0.3) is 0 Å². The average Bonchev–Trinajstić information content (AvgIpc) is 2.76. The van der Waals surface area contributed by atoms with E-state index in [4.69, 9.17) is 0 Å². The number of aromatic nitrogens is 2. The molecule has 0 fully saturated rings. The van der Waals surface area contributed by atoms with Gasteiger partial charge >= 0.3 is 0 Å². The first-order chi connectivity index (χ1) is 15.9. The first kappa shape index (κ1) is 22.0. The summed E-state index contributed by atoms with van der Waals surface area (Å²) in [5.74, 6) is 1.17. The second kappa shape index (κ2) is 9.96. The van der Waals surface area contributed by atoms with Gasteiger partial charge in [-0.05, 0) is 62.7 Å². The van der Waals surface area contributed by atoms with Crippen LogP contribution in [0.3, 0.4) is 0 Å². The van der Waals surface area contributed by atoms with Gasteiger partial charge in [0.1, 0.15) is 5.82 Å². The maximum Gasteiger partial charge on any atom is 0.229 e. The van der Waals surface area contributed by atoms with Gasteiger partial charge in [0.2, 0.25) is 11.9 Å². The molecule has 0 radical (unpaired) electrons. The lowest BCUT2D eigenvalue weighted by atomic mass is 10.1. The lowest BCUT2D eigenvalue weighted by Crippen LogP contribution is -2.14. The zero-order valence-corrected chi connectivity index (χ0v) is 19.0. The molecule has 0 atom stereocenters. The molecule has 3 N–H and O–H groups in total. The van der Waals surface area contributed by atoms with Gasteiger partial charge in [0.15, 0.2) is 0 Å². The highest BCUT2D eigenvalue weighted by atomic mass is 16.1. The second-order valence-corrected chi connectivity index (χ2v) is 8.13. The van der Waals surface area contributed by atoms with Crippen LogP contribution in [0.1, 0.15) is 22.4 Å². The number of nitrogens with zero attached hydrogens (tertiary/aromatic N) is 2. The van der Waals surface area contributed by atoms with Gasteiger partial charge in [-0.3, -0.25) is 4.79 Å². The minimum Gasteiger partial charge on any atom is -0.340 e. The van der Waals surface area contributed by atoms with Crippen LogP contribution in [0.2, 0.25) is 0 Å². The SMILES string of the molecule is Cc1ccc(Nc2cc(C)nc(Nc3ccc(NC(=O)Cc4cccc(C)c4)cc3)n2)cc1. The normalized spacial score (nSPS) is 10.5. The molecule has 0 aliphatic carbocycles. The van der Waals surface area contributed by atoms with E-state index in [9.17, 15) is 4.79 Å².